The van der Waals surface area contributed by atoms with Gasteiger partial charge < -0.3 is 26.3 Å². The molecule has 36 heavy (non-hydrogen) atoms. The predicted molar refractivity (Wildman–Crippen MR) is 139 cm³/mol. The van der Waals surface area contributed by atoms with Crippen LogP contribution >= 0.6 is 0 Å². The Bertz CT molecular complexity index is 1060. The summed E-state index contributed by atoms with van der Waals surface area (Å²) in [5.74, 6) is -1.43. The van der Waals surface area contributed by atoms with Crippen LogP contribution in [0.1, 0.15) is 64.9 Å². The van der Waals surface area contributed by atoms with E-state index in [-0.39, 0.29) is 24.2 Å². The van der Waals surface area contributed by atoms with Gasteiger partial charge in [-0.05, 0) is 37.3 Å². The molecule has 1 unspecified atom stereocenters. The molecule has 1 saturated heterocycles. The third-order valence-electron chi connectivity index (χ3n) is 6.63. The van der Waals surface area contributed by atoms with Crippen LogP contribution in [0.2, 0.25) is 0 Å². The SMILES string of the molecule is CC(C)C1NC(=O)[C@H](Cc2c[nH]c3ccccc23)NC(=O)[C@H](C)NC(=O)CCCCCCCNC1=O. The van der Waals surface area contributed by atoms with Crippen molar-refractivity contribution >= 4 is 34.5 Å². The van der Waals surface area contributed by atoms with Crippen molar-refractivity contribution in [2.75, 3.05) is 6.54 Å². The number of rotatable bonds is 3. The van der Waals surface area contributed by atoms with Gasteiger partial charge in [-0.25, -0.2) is 0 Å². The number of carbonyl (C=O) groups excluding carboxylic acids is 4. The number of aromatic nitrogens is 1. The molecule has 0 saturated carbocycles. The molecule has 3 atom stereocenters. The molecule has 0 spiro atoms. The topological polar surface area (TPSA) is 132 Å². The number of fused-ring (bicyclic) bond motifs is 1. The number of carbonyl (C=O) groups is 4. The lowest BCUT2D eigenvalue weighted by molar-refractivity contribution is -0.134. The Morgan fingerprint density at radius 3 is 2.36 bits per heavy atom. The number of para-hydroxylation sites is 1. The maximum Gasteiger partial charge on any atom is 0.243 e. The van der Waals surface area contributed by atoms with Crippen LogP contribution in [0.4, 0.5) is 0 Å². The summed E-state index contributed by atoms with van der Waals surface area (Å²) in [7, 11) is 0. The van der Waals surface area contributed by atoms with Gasteiger partial charge in [-0.15, -0.1) is 0 Å². The molecule has 1 aromatic heterocycles. The Morgan fingerprint density at radius 2 is 1.58 bits per heavy atom. The summed E-state index contributed by atoms with van der Waals surface area (Å²) < 4.78 is 0. The van der Waals surface area contributed by atoms with E-state index in [9.17, 15) is 19.2 Å². The normalized spacial score (nSPS) is 23.8. The second-order valence-electron chi connectivity index (χ2n) is 9.95. The molecule has 1 aliphatic heterocycles. The lowest BCUT2D eigenvalue weighted by Crippen LogP contribution is -2.58. The first-order valence-corrected chi connectivity index (χ1v) is 13.0. The highest BCUT2D eigenvalue weighted by molar-refractivity contribution is 5.95. The van der Waals surface area contributed by atoms with Crippen LogP contribution in [-0.2, 0) is 25.6 Å². The fourth-order valence-electron chi connectivity index (χ4n) is 4.46. The van der Waals surface area contributed by atoms with E-state index in [1.54, 1.807) is 6.92 Å². The first kappa shape index (κ1) is 27.2. The third-order valence-corrected chi connectivity index (χ3v) is 6.63. The summed E-state index contributed by atoms with van der Waals surface area (Å²) in [6.45, 7) is 5.89. The van der Waals surface area contributed by atoms with Gasteiger partial charge in [0.2, 0.25) is 23.6 Å². The van der Waals surface area contributed by atoms with Crippen molar-refractivity contribution in [3.63, 3.8) is 0 Å². The van der Waals surface area contributed by atoms with Crippen molar-refractivity contribution in [1.29, 1.82) is 0 Å². The summed E-state index contributed by atoms with van der Waals surface area (Å²) in [6.07, 6.45) is 6.83. The number of benzene rings is 1. The first-order chi connectivity index (χ1) is 17.3. The Balaban J connectivity index is 1.84. The second-order valence-corrected chi connectivity index (χ2v) is 9.95. The molecule has 0 bridgehead atoms. The molecule has 2 heterocycles. The zero-order valence-corrected chi connectivity index (χ0v) is 21.5. The van der Waals surface area contributed by atoms with Gasteiger partial charge in [0.15, 0.2) is 0 Å². The second kappa shape index (κ2) is 13.1. The zero-order valence-electron chi connectivity index (χ0n) is 21.5. The van der Waals surface area contributed by atoms with Crippen molar-refractivity contribution in [2.24, 2.45) is 5.92 Å². The monoisotopic (exact) mass is 497 g/mol. The van der Waals surface area contributed by atoms with Gasteiger partial charge >= 0.3 is 0 Å². The summed E-state index contributed by atoms with van der Waals surface area (Å²) in [5.41, 5.74) is 1.80. The average molecular weight is 498 g/mol. The number of aromatic amines is 1. The molecule has 3 rings (SSSR count). The van der Waals surface area contributed by atoms with Crippen LogP contribution in [0.25, 0.3) is 10.9 Å². The van der Waals surface area contributed by atoms with Crippen LogP contribution in [0.5, 0.6) is 0 Å². The molecular weight excluding hydrogens is 458 g/mol. The number of hydrogen-bond acceptors (Lipinski definition) is 4. The molecule has 1 aromatic carbocycles. The van der Waals surface area contributed by atoms with E-state index in [1.165, 1.54) is 0 Å². The largest absolute Gasteiger partial charge is 0.361 e. The van der Waals surface area contributed by atoms with Crippen molar-refractivity contribution < 1.29 is 19.2 Å². The Kier molecular flexibility index (Phi) is 9.90. The summed E-state index contributed by atoms with van der Waals surface area (Å²) in [6, 6.07) is 5.29. The molecule has 9 heteroatoms. The van der Waals surface area contributed by atoms with Crippen LogP contribution in [0.3, 0.4) is 0 Å². The quantitative estimate of drug-likeness (QED) is 0.445. The first-order valence-electron chi connectivity index (χ1n) is 13.0. The maximum atomic E-state index is 13.4. The molecule has 1 fully saturated rings. The summed E-state index contributed by atoms with van der Waals surface area (Å²) in [5, 5.41) is 12.3. The maximum absolute atomic E-state index is 13.4. The molecule has 4 amide bonds. The number of nitrogens with one attached hydrogen (secondary N) is 5. The number of amides is 4. The van der Waals surface area contributed by atoms with E-state index < -0.39 is 29.9 Å². The Morgan fingerprint density at radius 1 is 0.861 bits per heavy atom. The summed E-state index contributed by atoms with van der Waals surface area (Å²) >= 11 is 0. The highest BCUT2D eigenvalue weighted by Crippen LogP contribution is 2.19. The van der Waals surface area contributed by atoms with Crippen LogP contribution in [0.15, 0.2) is 30.5 Å². The van der Waals surface area contributed by atoms with Crippen molar-refractivity contribution in [2.45, 2.75) is 83.8 Å². The lowest BCUT2D eigenvalue weighted by atomic mass is 10.00. The minimum atomic E-state index is -0.927. The predicted octanol–water partition coefficient (Wildman–Crippen LogP) is 2.31. The van der Waals surface area contributed by atoms with E-state index in [0.29, 0.717) is 13.0 Å². The van der Waals surface area contributed by atoms with Gasteiger partial charge in [-0.3, -0.25) is 19.2 Å². The minimum absolute atomic E-state index is 0.137. The Hall–Kier alpha value is -3.36. The molecular formula is C27H39N5O4. The van der Waals surface area contributed by atoms with E-state index in [2.05, 4.69) is 26.3 Å². The van der Waals surface area contributed by atoms with E-state index >= 15 is 0 Å². The van der Waals surface area contributed by atoms with Gasteiger partial charge in [0.1, 0.15) is 18.1 Å². The highest BCUT2D eigenvalue weighted by atomic mass is 16.2. The smallest absolute Gasteiger partial charge is 0.243 e. The molecule has 5 N–H and O–H groups in total. The Labute approximate surface area is 212 Å². The standard InChI is InChI=1S/C27H39N5O4/c1-17(2)24-27(36)28-14-10-6-4-5-7-13-23(33)30-18(3)25(34)31-22(26(35)32-24)15-19-16-29-21-12-9-8-11-20(19)21/h8-9,11-12,16-18,22,24,29H,4-7,10,13-15H2,1-3H3,(H,28,36)(H,30,33)(H,31,34)(H,32,35)/t18-,22-,24?/m0/s1. The molecule has 1 aliphatic rings. The molecule has 9 nitrogen and oxygen atoms in total. The molecule has 196 valence electrons. The van der Waals surface area contributed by atoms with Crippen molar-refractivity contribution in [3.8, 4) is 0 Å². The van der Waals surface area contributed by atoms with E-state index in [1.807, 2.05) is 44.3 Å². The highest BCUT2D eigenvalue weighted by Gasteiger charge is 2.30. The third kappa shape index (κ3) is 7.57. The van der Waals surface area contributed by atoms with Crippen LogP contribution in [0, 0.1) is 5.92 Å². The van der Waals surface area contributed by atoms with Crippen LogP contribution < -0.4 is 21.3 Å². The fourth-order valence-corrected chi connectivity index (χ4v) is 4.46. The number of H-pyrrole nitrogens is 1. The molecule has 0 aliphatic carbocycles. The zero-order chi connectivity index (χ0) is 26.1. The van der Waals surface area contributed by atoms with E-state index in [4.69, 9.17) is 0 Å². The molecule has 2 aromatic rings. The average Bonchev–Trinajstić information content (AvgIpc) is 3.25. The minimum Gasteiger partial charge on any atom is -0.361 e. The van der Waals surface area contributed by atoms with Gasteiger partial charge in [0.05, 0.1) is 0 Å². The van der Waals surface area contributed by atoms with Crippen molar-refractivity contribution in [1.82, 2.24) is 26.3 Å². The van der Waals surface area contributed by atoms with E-state index in [0.717, 1.165) is 48.6 Å². The number of hydrogen-bond donors (Lipinski definition) is 5. The molecule has 0 radical (unpaired) electrons. The lowest BCUT2D eigenvalue weighted by Gasteiger charge is -2.26. The van der Waals surface area contributed by atoms with Crippen molar-refractivity contribution in [3.05, 3.63) is 36.0 Å². The van der Waals surface area contributed by atoms with Gasteiger partial charge in [0.25, 0.3) is 0 Å². The van der Waals surface area contributed by atoms with Crippen LogP contribution in [-0.4, -0.2) is 53.3 Å². The summed E-state index contributed by atoms with van der Waals surface area (Å²) in [4.78, 5) is 54.8. The van der Waals surface area contributed by atoms with Gasteiger partial charge in [-0.1, -0.05) is 51.3 Å². The van der Waals surface area contributed by atoms with Gasteiger partial charge in [-0.2, -0.15) is 0 Å². The fraction of sp³-hybridized carbons (Fsp3) is 0.556. The van der Waals surface area contributed by atoms with Gasteiger partial charge in [0, 0.05) is 36.5 Å².